The average Bonchev–Trinajstić information content (AvgIpc) is 2.05. The quantitative estimate of drug-likeness (QED) is 0.712. The Labute approximate surface area is 77.3 Å². The highest BCUT2D eigenvalue weighted by Gasteiger charge is 2.35. The van der Waals surface area contributed by atoms with Crippen molar-refractivity contribution in [3.63, 3.8) is 0 Å². The van der Waals surface area contributed by atoms with Gasteiger partial charge >= 0.3 is 0 Å². The second-order valence-corrected chi connectivity index (χ2v) is 4.01. The van der Waals surface area contributed by atoms with Crippen molar-refractivity contribution >= 4 is 0 Å². The van der Waals surface area contributed by atoms with Crippen LogP contribution in [0.2, 0.25) is 0 Å². The van der Waals surface area contributed by atoms with E-state index in [9.17, 15) is 13.9 Å². The van der Waals surface area contributed by atoms with Crippen LogP contribution in [0.5, 0.6) is 0 Å². The van der Waals surface area contributed by atoms with E-state index in [1.165, 1.54) is 6.92 Å². The Morgan fingerprint density at radius 2 is 2.23 bits per heavy atom. The van der Waals surface area contributed by atoms with Crippen LogP contribution in [0.25, 0.3) is 0 Å². The zero-order valence-electron chi connectivity index (χ0n) is 7.89. The smallest absolute Gasteiger partial charge is 0.266 e. The van der Waals surface area contributed by atoms with Crippen molar-refractivity contribution in [1.82, 2.24) is 5.32 Å². The molecule has 0 amide bonds. The largest absolute Gasteiger partial charge is 0.384 e. The van der Waals surface area contributed by atoms with Crippen LogP contribution in [0, 0.1) is 0 Å². The van der Waals surface area contributed by atoms with Crippen molar-refractivity contribution in [2.75, 3.05) is 6.54 Å². The molecule has 0 aromatic heterocycles. The summed E-state index contributed by atoms with van der Waals surface area (Å²) >= 11 is 0. The van der Waals surface area contributed by atoms with Crippen molar-refractivity contribution in [1.29, 1.82) is 0 Å². The standard InChI is InChI=1S/C9H17F2NO/c1-9(13,8(10)11)6-7-4-2-3-5-12-7/h7-8,12-13H,2-6H2,1H3. The molecular formula is C9H17F2NO. The van der Waals surface area contributed by atoms with E-state index in [-0.39, 0.29) is 12.5 Å². The van der Waals surface area contributed by atoms with Crippen molar-refractivity contribution in [3.05, 3.63) is 0 Å². The Hall–Kier alpha value is -0.220. The van der Waals surface area contributed by atoms with Gasteiger partial charge in [-0.05, 0) is 32.7 Å². The summed E-state index contributed by atoms with van der Waals surface area (Å²) in [6.07, 6.45) is 0.550. The fourth-order valence-electron chi connectivity index (χ4n) is 1.69. The zero-order valence-corrected chi connectivity index (χ0v) is 7.89. The highest BCUT2D eigenvalue weighted by Crippen LogP contribution is 2.24. The molecule has 1 saturated heterocycles. The van der Waals surface area contributed by atoms with Crippen LogP contribution in [0.1, 0.15) is 32.6 Å². The number of nitrogens with one attached hydrogen (secondary N) is 1. The van der Waals surface area contributed by atoms with Gasteiger partial charge in [-0.3, -0.25) is 0 Å². The van der Waals surface area contributed by atoms with E-state index in [0.717, 1.165) is 25.8 Å². The molecule has 2 N–H and O–H groups in total. The molecule has 1 fully saturated rings. The lowest BCUT2D eigenvalue weighted by molar-refractivity contribution is -0.0936. The lowest BCUT2D eigenvalue weighted by Gasteiger charge is -2.30. The Balaban J connectivity index is 2.37. The molecule has 0 aromatic carbocycles. The molecule has 13 heavy (non-hydrogen) atoms. The molecular weight excluding hydrogens is 176 g/mol. The second kappa shape index (κ2) is 4.33. The topological polar surface area (TPSA) is 32.3 Å². The van der Waals surface area contributed by atoms with E-state index in [2.05, 4.69) is 5.32 Å². The molecule has 1 aliphatic heterocycles. The molecule has 0 radical (unpaired) electrons. The molecule has 2 atom stereocenters. The van der Waals surface area contributed by atoms with Crippen LogP contribution >= 0.6 is 0 Å². The summed E-state index contributed by atoms with van der Waals surface area (Å²) in [4.78, 5) is 0. The number of hydrogen-bond acceptors (Lipinski definition) is 2. The van der Waals surface area contributed by atoms with E-state index in [1.807, 2.05) is 0 Å². The first-order valence-corrected chi connectivity index (χ1v) is 4.76. The first-order valence-electron chi connectivity index (χ1n) is 4.76. The number of alkyl halides is 2. The molecule has 0 spiro atoms. The van der Waals surface area contributed by atoms with Gasteiger partial charge in [0.1, 0.15) is 5.60 Å². The van der Waals surface area contributed by atoms with E-state index in [0.29, 0.717) is 0 Å². The van der Waals surface area contributed by atoms with Gasteiger partial charge in [0.15, 0.2) is 0 Å². The molecule has 78 valence electrons. The number of aliphatic hydroxyl groups is 1. The monoisotopic (exact) mass is 193 g/mol. The third-order valence-electron chi connectivity index (χ3n) is 2.54. The highest BCUT2D eigenvalue weighted by atomic mass is 19.3. The number of rotatable bonds is 3. The SMILES string of the molecule is CC(O)(CC1CCCCN1)C(F)F. The molecule has 0 aromatic rings. The molecule has 2 nitrogen and oxygen atoms in total. The van der Waals surface area contributed by atoms with Gasteiger partial charge in [0.2, 0.25) is 0 Å². The highest BCUT2D eigenvalue weighted by molar-refractivity contribution is 4.84. The van der Waals surface area contributed by atoms with E-state index in [4.69, 9.17) is 0 Å². The molecule has 4 heteroatoms. The Bertz CT molecular complexity index is 156. The number of halogens is 2. The summed E-state index contributed by atoms with van der Waals surface area (Å²) in [5, 5.41) is 12.5. The fraction of sp³-hybridized carbons (Fsp3) is 1.00. The molecule has 1 rings (SSSR count). The van der Waals surface area contributed by atoms with E-state index in [1.54, 1.807) is 0 Å². The van der Waals surface area contributed by atoms with Gasteiger partial charge in [-0.2, -0.15) is 0 Å². The number of piperidine rings is 1. The third-order valence-corrected chi connectivity index (χ3v) is 2.54. The van der Waals surface area contributed by atoms with Gasteiger partial charge < -0.3 is 10.4 Å². The summed E-state index contributed by atoms with van der Waals surface area (Å²) in [7, 11) is 0. The third kappa shape index (κ3) is 3.19. The minimum atomic E-state index is -2.66. The summed E-state index contributed by atoms with van der Waals surface area (Å²) in [6.45, 7) is 2.08. The molecule has 0 saturated carbocycles. The maximum absolute atomic E-state index is 12.3. The van der Waals surface area contributed by atoms with Crippen molar-refractivity contribution in [2.24, 2.45) is 0 Å². The Morgan fingerprint density at radius 1 is 1.54 bits per heavy atom. The minimum Gasteiger partial charge on any atom is -0.384 e. The maximum atomic E-state index is 12.3. The predicted molar refractivity (Wildman–Crippen MR) is 46.9 cm³/mol. The minimum absolute atomic E-state index is 0.0535. The lowest BCUT2D eigenvalue weighted by Crippen LogP contribution is -2.44. The van der Waals surface area contributed by atoms with Crippen molar-refractivity contribution < 1.29 is 13.9 Å². The summed E-state index contributed by atoms with van der Waals surface area (Å²) in [6, 6.07) is 0.0535. The average molecular weight is 193 g/mol. The molecule has 2 unspecified atom stereocenters. The maximum Gasteiger partial charge on any atom is 0.266 e. The molecule has 0 aliphatic carbocycles. The number of hydrogen-bond donors (Lipinski definition) is 2. The predicted octanol–water partition coefficient (Wildman–Crippen LogP) is 1.53. The van der Waals surface area contributed by atoms with Gasteiger partial charge in [-0.25, -0.2) is 8.78 Å². The van der Waals surface area contributed by atoms with Gasteiger partial charge in [0.05, 0.1) is 0 Å². The van der Waals surface area contributed by atoms with E-state index < -0.39 is 12.0 Å². The lowest BCUT2D eigenvalue weighted by atomic mass is 9.92. The zero-order chi connectivity index (χ0) is 9.90. The van der Waals surface area contributed by atoms with Gasteiger partial charge in [0, 0.05) is 6.04 Å². The van der Waals surface area contributed by atoms with Crippen LogP contribution in [-0.2, 0) is 0 Å². The molecule has 1 aliphatic rings. The van der Waals surface area contributed by atoms with E-state index >= 15 is 0 Å². The van der Waals surface area contributed by atoms with Gasteiger partial charge in [0.25, 0.3) is 6.43 Å². The molecule has 0 bridgehead atoms. The summed E-state index contributed by atoms with van der Waals surface area (Å²) in [5.74, 6) is 0. The van der Waals surface area contributed by atoms with Gasteiger partial charge in [-0.15, -0.1) is 0 Å². The van der Waals surface area contributed by atoms with Gasteiger partial charge in [-0.1, -0.05) is 6.42 Å². The fourth-order valence-corrected chi connectivity index (χ4v) is 1.69. The second-order valence-electron chi connectivity index (χ2n) is 4.01. The van der Waals surface area contributed by atoms with Crippen LogP contribution in [-0.4, -0.2) is 29.7 Å². The van der Waals surface area contributed by atoms with Crippen LogP contribution in [0.15, 0.2) is 0 Å². The first-order chi connectivity index (χ1) is 6.02. The van der Waals surface area contributed by atoms with Crippen molar-refractivity contribution in [3.8, 4) is 0 Å². The van der Waals surface area contributed by atoms with Crippen molar-refractivity contribution in [2.45, 2.75) is 50.7 Å². The summed E-state index contributed by atoms with van der Waals surface area (Å²) in [5.41, 5.74) is -1.84. The van der Waals surface area contributed by atoms with Crippen LogP contribution < -0.4 is 5.32 Å². The summed E-state index contributed by atoms with van der Waals surface area (Å²) < 4.78 is 24.6. The van der Waals surface area contributed by atoms with Crippen LogP contribution in [0.3, 0.4) is 0 Å². The molecule has 1 heterocycles. The Morgan fingerprint density at radius 3 is 2.69 bits per heavy atom. The van der Waals surface area contributed by atoms with Crippen LogP contribution in [0.4, 0.5) is 8.78 Å². The Kier molecular flexibility index (Phi) is 3.62. The normalized spacial score (nSPS) is 28.8. The first kappa shape index (κ1) is 10.9.